The number of carbonyl (C=O) groups is 2. The van der Waals surface area contributed by atoms with E-state index in [1.54, 1.807) is 4.90 Å². The molecule has 0 saturated carbocycles. The molecule has 1 aliphatic rings. The van der Waals surface area contributed by atoms with E-state index < -0.39 is 0 Å². The molecular weight excluding hydrogens is 302 g/mol. The van der Waals surface area contributed by atoms with Gasteiger partial charge in [0.15, 0.2) is 0 Å². The molecule has 132 valence electrons. The van der Waals surface area contributed by atoms with E-state index in [2.05, 4.69) is 12.2 Å². The second-order valence-electron chi connectivity index (χ2n) is 6.54. The Morgan fingerprint density at radius 1 is 1.33 bits per heavy atom. The van der Waals surface area contributed by atoms with Gasteiger partial charge in [0, 0.05) is 32.1 Å². The number of carbonyl (C=O) groups excluding carboxylic acids is 2. The number of piperidine rings is 1. The standard InChI is InChI=1S/C19H29N3O2/c1-2-3-11-21-19(24)16-10-7-12-22(14-16)18(23)13-17(20)15-8-5-4-6-9-15/h4-6,8-9,16-17H,2-3,7,10-14,20H2,1H3,(H,21,24). The van der Waals surface area contributed by atoms with Gasteiger partial charge in [-0.05, 0) is 24.8 Å². The Morgan fingerprint density at radius 3 is 2.79 bits per heavy atom. The first kappa shape index (κ1) is 18.5. The zero-order valence-electron chi connectivity index (χ0n) is 14.5. The van der Waals surface area contributed by atoms with Gasteiger partial charge >= 0.3 is 0 Å². The zero-order valence-corrected chi connectivity index (χ0v) is 14.5. The maximum Gasteiger partial charge on any atom is 0.224 e. The van der Waals surface area contributed by atoms with Crippen LogP contribution in [0.5, 0.6) is 0 Å². The highest BCUT2D eigenvalue weighted by atomic mass is 16.2. The third kappa shape index (κ3) is 5.34. The topological polar surface area (TPSA) is 75.4 Å². The lowest BCUT2D eigenvalue weighted by atomic mass is 9.96. The summed E-state index contributed by atoms with van der Waals surface area (Å²) in [7, 11) is 0. The molecule has 2 amide bonds. The number of amides is 2. The third-order valence-corrected chi connectivity index (χ3v) is 4.60. The number of unbranched alkanes of at least 4 members (excludes halogenated alkanes) is 1. The largest absolute Gasteiger partial charge is 0.356 e. The Hall–Kier alpha value is -1.88. The van der Waals surface area contributed by atoms with Crippen molar-refractivity contribution in [1.82, 2.24) is 10.2 Å². The SMILES string of the molecule is CCCCNC(=O)C1CCCN(C(=O)CC(N)c2ccccc2)C1. The Labute approximate surface area is 144 Å². The second kappa shape index (κ2) is 9.42. The van der Waals surface area contributed by atoms with Crippen molar-refractivity contribution in [2.75, 3.05) is 19.6 Å². The summed E-state index contributed by atoms with van der Waals surface area (Å²) in [5, 5.41) is 2.98. The van der Waals surface area contributed by atoms with Crippen LogP contribution in [-0.4, -0.2) is 36.3 Å². The summed E-state index contributed by atoms with van der Waals surface area (Å²) in [6.07, 6.45) is 4.07. The molecule has 0 aromatic heterocycles. The van der Waals surface area contributed by atoms with E-state index in [1.807, 2.05) is 30.3 Å². The molecule has 0 spiro atoms. The number of nitrogens with two attached hydrogens (primary N) is 1. The molecule has 1 saturated heterocycles. The average molecular weight is 331 g/mol. The van der Waals surface area contributed by atoms with Crippen molar-refractivity contribution in [3.8, 4) is 0 Å². The van der Waals surface area contributed by atoms with Gasteiger partial charge in [0.25, 0.3) is 0 Å². The number of likely N-dealkylation sites (tertiary alicyclic amines) is 1. The molecule has 0 aliphatic carbocycles. The molecule has 2 atom stereocenters. The highest BCUT2D eigenvalue weighted by Crippen LogP contribution is 2.20. The van der Waals surface area contributed by atoms with Gasteiger partial charge in [0.2, 0.25) is 11.8 Å². The average Bonchev–Trinajstić information content (AvgIpc) is 2.62. The first-order valence-electron chi connectivity index (χ1n) is 8.97. The predicted octanol–water partition coefficient (Wildman–Crippen LogP) is 2.23. The lowest BCUT2D eigenvalue weighted by Gasteiger charge is -2.32. The van der Waals surface area contributed by atoms with Crippen LogP contribution >= 0.6 is 0 Å². The highest BCUT2D eigenvalue weighted by molar-refractivity contribution is 5.81. The number of hydrogen-bond acceptors (Lipinski definition) is 3. The van der Waals surface area contributed by atoms with Crippen molar-refractivity contribution in [2.45, 2.75) is 45.1 Å². The van der Waals surface area contributed by atoms with Gasteiger partial charge in [-0.1, -0.05) is 43.7 Å². The molecule has 1 aliphatic heterocycles. The summed E-state index contributed by atoms with van der Waals surface area (Å²) in [5.41, 5.74) is 7.12. The number of rotatable bonds is 7. The van der Waals surface area contributed by atoms with Gasteiger partial charge in [-0.15, -0.1) is 0 Å². The Bertz CT molecular complexity index is 533. The summed E-state index contributed by atoms with van der Waals surface area (Å²) in [6, 6.07) is 9.38. The molecule has 2 unspecified atom stereocenters. The van der Waals surface area contributed by atoms with Crippen LogP contribution in [0.3, 0.4) is 0 Å². The van der Waals surface area contributed by atoms with Gasteiger partial charge < -0.3 is 16.0 Å². The molecule has 24 heavy (non-hydrogen) atoms. The van der Waals surface area contributed by atoms with Crippen LogP contribution in [0.2, 0.25) is 0 Å². The molecule has 0 radical (unpaired) electrons. The fourth-order valence-electron chi connectivity index (χ4n) is 3.09. The van der Waals surface area contributed by atoms with Crippen molar-refractivity contribution < 1.29 is 9.59 Å². The van der Waals surface area contributed by atoms with E-state index in [0.717, 1.165) is 44.3 Å². The minimum atomic E-state index is -0.294. The molecule has 0 bridgehead atoms. The Balaban J connectivity index is 1.84. The van der Waals surface area contributed by atoms with Crippen LogP contribution in [0.1, 0.15) is 50.6 Å². The molecule has 2 rings (SSSR count). The van der Waals surface area contributed by atoms with E-state index in [9.17, 15) is 9.59 Å². The van der Waals surface area contributed by atoms with E-state index in [4.69, 9.17) is 5.73 Å². The van der Waals surface area contributed by atoms with E-state index >= 15 is 0 Å². The van der Waals surface area contributed by atoms with Gasteiger partial charge in [-0.25, -0.2) is 0 Å². The van der Waals surface area contributed by atoms with Crippen LogP contribution in [0.15, 0.2) is 30.3 Å². The van der Waals surface area contributed by atoms with Crippen molar-refractivity contribution in [3.05, 3.63) is 35.9 Å². The normalized spacial score (nSPS) is 18.9. The predicted molar refractivity (Wildman–Crippen MR) is 95.2 cm³/mol. The Kier molecular flexibility index (Phi) is 7.25. The molecule has 1 aromatic rings. The molecule has 1 aromatic carbocycles. The summed E-state index contributed by atoms with van der Waals surface area (Å²) < 4.78 is 0. The minimum absolute atomic E-state index is 0.0393. The van der Waals surface area contributed by atoms with Crippen molar-refractivity contribution in [3.63, 3.8) is 0 Å². The number of nitrogens with one attached hydrogen (secondary N) is 1. The monoisotopic (exact) mass is 331 g/mol. The molecular formula is C19H29N3O2. The van der Waals surface area contributed by atoms with Crippen LogP contribution < -0.4 is 11.1 Å². The van der Waals surface area contributed by atoms with E-state index in [0.29, 0.717) is 6.54 Å². The molecule has 1 fully saturated rings. The van der Waals surface area contributed by atoms with Gasteiger partial charge in [-0.3, -0.25) is 9.59 Å². The van der Waals surface area contributed by atoms with Gasteiger partial charge in [0.1, 0.15) is 0 Å². The van der Waals surface area contributed by atoms with Crippen molar-refractivity contribution in [2.24, 2.45) is 11.7 Å². The molecule has 5 nitrogen and oxygen atoms in total. The van der Waals surface area contributed by atoms with Crippen LogP contribution in [0.25, 0.3) is 0 Å². The van der Waals surface area contributed by atoms with Crippen molar-refractivity contribution >= 4 is 11.8 Å². The Morgan fingerprint density at radius 2 is 2.08 bits per heavy atom. The summed E-state index contributed by atoms with van der Waals surface area (Å²) in [4.78, 5) is 26.5. The molecule has 5 heteroatoms. The van der Waals surface area contributed by atoms with Crippen LogP contribution in [0, 0.1) is 5.92 Å². The summed E-state index contributed by atoms with van der Waals surface area (Å²) >= 11 is 0. The zero-order chi connectivity index (χ0) is 17.4. The van der Waals surface area contributed by atoms with Crippen molar-refractivity contribution in [1.29, 1.82) is 0 Å². The maximum atomic E-state index is 12.5. The van der Waals surface area contributed by atoms with Crippen LogP contribution in [0.4, 0.5) is 0 Å². The second-order valence-corrected chi connectivity index (χ2v) is 6.54. The minimum Gasteiger partial charge on any atom is -0.356 e. The van der Waals surface area contributed by atoms with E-state index in [-0.39, 0.29) is 30.2 Å². The fraction of sp³-hybridized carbons (Fsp3) is 0.579. The molecule has 3 N–H and O–H groups in total. The molecule has 1 heterocycles. The number of benzene rings is 1. The smallest absolute Gasteiger partial charge is 0.224 e. The van der Waals surface area contributed by atoms with Gasteiger partial charge in [-0.2, -0.15) is 0 Å². The first-order chi connectivity index (χ1) is 11.6. The quantitative estimate of drug-likeness (QED) is 0.752. The van der Waals surface area contributed by atoms with Gasteiger partial charge in [0.05, 0.1) is 5.92 Å². The maximum absolute atomic E-state index is 12.5. The van der Waals surface area contributed by atoms with E-state index in [1.165, 1.54) is 0 Å². The lowest BCUT2D eigenvalue weighted by Crippen LogP contribution is -2.46. The number of hydrogen-bond donors (Lipinski definition) is 2. The third-order valence-electron chi connectivity index (χ3n) is 4.60. The highest BCUT2D eigenvalue weighted by Gasteiger charge is 2.28. The summed E-state index contributed by atoms with van der Waals surface area (Å²) in [6.45, 7) is 4.05. The summed E-state index contributed by atoms with van der Waals surface area (Å²) in [5.74, 6) is 0.0261. The fourth-order valence-corrected chi connectivity index (χ4v) is 3.09. The number of nitrogens with zero attached hydrogens (tertiary/aromatic N) is 1. The lowest BCUT2D eigenvalue weighted by molar-refractivity contribution is -0.136. The first-order valence-corrected chi connectivity index (χ1v) is 8.97. The van der Waals surface area contributed by atoms with Crippen LogP contribution in [-0.2, 0) is 9.59 Å².